The first-order valence-electron chi connectivity index (χ1n) is 6.92. The van der Waals surface area contributed by atoms with Gasteiger partial charge in [0.25, 0.3) is 0 Å². The highest BCUT2D eigenvalue weighted by Gasteiger charge is 2.27. The van der Waals surface area contributed by atoms with Crippen LogP contribution in [0.1, 0.15) is 25.5 Å². The number of aliphatic hydroxyl groups is 1. The predicted octanol–water partition coefficient (Wildman–Crippen LogP) is 2.58. The summed E-state index contributed by atoms with van der Waals surface area (Å²) in [6.45, 7) is 4.70. The van der Waals surface area contributed by atoms with E-state index in [-0.39, 0.29) is 0 Å². The van der Waals surface area contributed by atoms with Crippen LogP contribution < -0.4 is 0 Å². The van der Waals surface area contributed by atoms with Gasteiger partial charge in [0.15, 0.2) is 0 Å². The number of rotatable bonds is 2. The lowest BCUT2D eigenvalue weighted by Crippen LogP contribution is -2.42. The number of hydrogen-bond acceptors (Lipinski definition) is 3. The van der Waals surface area contributed by atoms with Crippen molar-refractivity contribution in [2.75, 3.05) is 13.1 Å². The second-order valence-electron chi connectivity index (χ2n) is 5.77. The van der Waals surface area contributed by atoms with Crippen LogP contribution in [0.4, 0.5) is 0 Å². The van der Waals surface area contributed by atoms with Gasteiger partial charge in [-0.3, -0.25) is 9.88 Å². The lowest BCUT2D eigenvalue weighted by Gasteiger charge is -2.35. The molecule has 1 aromatic heterocycles. The molecule has 1 aliphatic heterocycles. The Kier molecular flexibility index (Phi) is 3.25. The first kappa shape index (κ1) is 12.6. The second-order valence-corrected chi connectivity index (χ2v) is 5.77. The van der Waals surface area contributed by atoms with Crippen molar-refractivity contribution < 1.29 is 5.11 Å². The van der Waals surface area contributed by atoms with Crippen LogP contribution in [0.3, 0.4) is 0 Å². The molecule has 0 spiro atoms. The molecule has 1 aliphatic rings. The van der Waals surface area contributed by atoms with Gasteiger partial charge in [0.2, 0.25) is 0 Å². The first-order valence-corrected chi connectivity index (χ1v) is 6.92. The number of piperidine rings is 1. The van der Waals surface area contributed by atoms with Crippen molar-refractivity contribution in [3.8, 4) is 0 Å². The van der Waals surface area contributed by atoms with Crippen molar-refractivity contribution in [2.45, 2.75) is 31.9 Å². The van der Waals surface area contributed by atoms with Crippen LogP contribution in [-0.4, -0.2) is 33.7 Å². The SMILES string of the molecule is CC1(O)CCN(Cc2ccc3ccccc3n2)CC1. The summed E-state index contributed by atoms with van der Waals surface area (Å²) in [5.74, 6) is 0. The second kappa shape index (κ2) is 4.91. The Hall–Kier alpha value is -1.45. The van der Waals surface area contributed by atoms with Crippen molar-refractivity contribution in [1.29, 1.82) is 0 Å². The van der Waals surface area contributed by atoms with Gasteiger partial charge in [0.1, 0.15) is 0 Å². The fourth-order valence-electron chi connectivity index (χ4n) is 2.62. The van der Waals surface area contributed by atoms with Gasteiger partial charge in [-0.2, -0.15) is 0 Å². The Morgan fingerprint density at radius 2 is 1.89 bits per heavy atom. The highest BCUT2D eigenvalue weighted by molar-refractivity contribution is 5.78. The molecular weight excluding hydrogens is 236 g/mol. The van der Waals surface area contributed by atoms with Crippen LogP contribution in [0.15, 0.2) is 36.4 Å². The van der Waals surface area contributed by atoms with Crippen molar-refractivity contribution in [3.63, 3.8) is 0 Å². The topological polar surface area (TPSA) is 36.4 Å². The molecule has 3 rings (SSSR count). The molecular formula is C16H20N2O. The summed E-state index contributed by atoms with van der Waals surface area (Å²) >= 11 is 0. The number of aromatic nitrogens is 1. The molecule has 3 nitrogen and oxygen atoms in total. The van der Waals surface area contributed by atoms with E-state index in [1.54, 1.807) is 0 Å². The van der Waals surface area contributed by atoms with Gasteiger partial charge in [0.05, 0.1) is 16.8 Å². The molecule has 0 bridgehead atoms. The van der Waals surface area contributed by atoms with Gasteiger partial charge in [0, 0.05) is 25.0 Å². The largest absolute Gasteiger partial charge is 0.390 e. The zero-order valence-electron chi connectivity index (χ0n) is 11.3. The summed E-state index contributed by atoms with van der Waals surface area (Å²) < 4.78 is 0. The van der Waals surface area contributed by atoms with Gasteiger partial charge >= 0.3 is 0 Å². The van der Waals surface area contributed by atoms with E-state index >= 15 is 0 Å². The maximum atomic E-state index is 9.96. The average Bonchev–Trinajstić information content (AvgIpc) is 2.41. The zero-order valence-corrected chi connectivity index (χ0v) is 11.3. The standard InChI is InChI=1S/C16H20N2O/c1-16(19)8-10-18(11-9-16)12-14-7-6-13-4-2-3-5-15(13)17-14/h2-7,19H,8-12H2,1H3. The predicted molar refractivity (Wildman–Crippen MR) is 76.9 cm³/mol. The number of nitrogens with zero attached hydrogens (tertiary/aromatic N) is 2. The fourth-order valence-corrected chi connectivity index (χ4v) is 2.62. The van der Waals surface area contributed by atoms with Crippen LogP contribution in [0.2, 0.25) is 0 Å². The molecule has 0 amide bonds. The minimum Gasteiger partial charge on any atom is -0.390 e. The van der Waals surface area contributed by atoms with Gasteiger partial charge in [-0.25, -0.2) is 0 Å². The quantitative estimate of drug-likeness (QED) is 0.897. The molecule has 19 heavy (non-hydrogen) atoms. The minimum atomic E-state index is -0.479. The summed E-state index contributed by atoms with van der Waals surface area (Å²) in [5, 5.41) is 11.1. The van der Waals surface area contributed by atoms with E-state index in [4.69, 9.17) is 4.98 Å². The summed E-state index contributed by atoms with van der Waals surface area (Å²) in [7, 11) is 0. The van der Waals surface area contributed by atoms with Gasteiger partial charge in [-0.05, 0) is 31.9 Å². The third kappa shape index (κ3) is 2.94. The monoisotopic (exact) mass is 256 g/mol. The number of likely N-dealkylation sites (tertiary alicyclic amines) is 1. The highest BCUT2D eigenvalue weighted by atomic mass is 16.3. The van der Waals surface area contributed by atoms with E-state index in [9.17, 15) is 5.11 Å². The van der Waals surface area contributed by atoms with E-state index in [1.807, 2.05) is 19.1 Å². The molecule has 0 unspecified atom stereocenters. The Bertz CT molecular complexity index is 570. The molecule has 2 aromatic rings. The van der Waals surface area contributed by atoms with Crippen LogP contribution >= 0.6 is 0 Å². The number of pyridine rings is 1. The molecule has 0 saturated carbocycles. The zero-order chi connectivity index (χ0) is 13.3. The smallest absolute Gasteiger partial charge is 0.0705 e. The summed E-state index contributed by atoms with van der Waals surface area (Å²) in [6, 6.07) is 12.4. The maximum Gasteiger partial charge on any atom is 0.0705 e. The molecule has 3 heteroatoms. The fraction of sp³-hybridized carbons (Fsp3) is 0.438. The van der Waals surface area contributed by atoms with Crippen molar-refractivity contribution in [3.05, 3.63) is 42.1 Å². The molecule has 0 radical (unpaired) electrons. The Morgan fingerprint density at radius 1 is 1.16 bits per heavy atom. The number of hydrogen-bond donors (Lipinski definition) is 1. The third-order valence-electron chi connectivity index (χ3n) is 3.97. The molecule has 1 N–H and O–H groups in total. The molecule has 1 saturated heterocycles. The van der Waals surface area contributed by atoms with Crippen LogP contribution in [0.25, 0.3) is 10.9 Å². The lowest BCUT2D eigenvalue weighted by molar-refractivity contribution is -0.00755. The number of para-hydroxylation sites is 1. The Labute approximate surface area is 113 Å². The minimum absolute atomic E-state index is 0.479. The van der Waals surface area contributed by atoms with Crippen molar-refractivity contribution in [1.82, 2.24) is 9.88 Å². The van der Waals surface area contributed by atoms with E-state index < -0.39 is 5.60 Å². The van der Waals surface area contributed by atoms with Gasteiger partial charge < -0.3 is 5.11 Å². The van der Waals surface area contributed by atoms with Crippen LogP contribution in [0, 0.1) is 0 Å². The molecule has 0 aliphatic carbocycles. The lowest BCUT2D eigenvalue weighted by atomic mass is 9.94. The summed E-state index contributed by atoms with van der Waals surface area (Å²) in [5.41, 5.74) is 1.69. The molecule has 0 atom stereocenters. The molecule has 100 valence electrons. The highest BCUT2D eigenvalue weighted by Crippen LogP contribution is 2.22. The maximum absolute atomic E-state index is 9.96. The summed E-state index contributed by atoms with van der Waals surface area (Å²) in [6.07, 6.45) is 1.70. The third-order valence-corrected chi connectivity index (χ3v) is 3.97. The Balaban J connectivity index is 1.72. The van der Waals surface area contributed by atoms with E-state index in [0.29, 0.717) is 0 Å². The Morgan fingerprint density at radius 3 is 2.68 bits per heavy atom. The van der Waals surface area contributed by atoms with E-state index in [1.165, 1.54) is 5.39 Å². The average molecular weight is 256 g/mol. The van der Waals surface area contributed by atoms with Crippen LogP contribution in [0.5, 0.6) is 0 Å². The summed E-state index contributed by atoms with van der Waals surface area (Å²) in [4.78, 5) is 7.07. The van der Waals surface area contributed by atoms with Crippen LogP contribution in [-0.2, 0) is 6.54 Å². The normalized spacial score (nSPS) is 19.7. The van der Waals surface area contributed by atoms with Crippen molar-refractivity contribution >= 4 is 10.9 Å². The molecule has 1 aromatic carbocycles. The first-order chi connectivity index (χ1) is 9.12. The van der Waals surface area contributed by atoms with E-state index in [2.05, 4.69) is 29.2 Å². The molecule has 2 heterocycles. The van der Waals surface area contributed by atoms with Crippen molar-refractivity contribution in [2.24, 2.45) is 0 Å². The van der Waals surface area contributed by atoms with E-state index in [0.717, 1.165) is 43.7 Å². The van der Waals surface area contributed by atoms with Gasteiger partial charge in [-0.15, -0.1) is 0 Å². The number of fused-ring (bicyclic) bond motifs is 1. The molecule has 1 fully saturated rings. The van der Waals surface area contributed by atoms with Gasteiger partial charge in [-0.1, -0.05) is 24.3 Å². The number of benzene rings is 1.